The van der Waals surface area contributed by atoms with Crippen molar-refractivity contribution in [1.82, 2.24) is 0 Å². The molecule has 0 radical (unpaired) electrons. The van der Waals surface area contributed by atoms with Crippen molar-refractivity contribution in [2.75, 3.05) is 6.61 Å². The standard InChI is InChI=1S/C11H20O2/c1-8-9(5-7-12)11(2,3)6-4-10(8)13/h10,12-13H,4-7H2,1-3H3/t10-/m1/s1. The van der Waals surface area contributed by atoms with Gasteiger partial charge >= 0.3 is 0 Å². The van der Waals surface area contributed by atoms with Gasteiger partial charge in [-0.1, -0.05) is 19.4 Å². The van der Waals surface area contributed by atoms with E-state index in [1.54, 1.807) is 0 Å². The minimum atomic E-state index is -0.283. The van der Waals surface area contributed by atoms with Crippen molar-refractivity contribution in [3.63, 3.8) is 0 Å². The molecule has 1 atom stereocenters. The minimum Gasteiger partial charge on any atom is -0.396 e. The van der Waals surface area contributed by atoms with Gasteiger partial charge in [-0.3, -0.25) is 0 Å². The first-order valence-corrected chi connectivity index (χ1v) is 4.98. The zero-order valence-corrected chi connectivity index (χ0v) is 8.80. The summed E-state index contributed by atoms with van der Waals surface area (Å²) in [5.41, 5.74) is 2.48. The highest BCUT2D eigenvalue weighted by atomic mass is 16.3. The zero-order chi connectivity index (χ0) is 10.1. The van der Waals surface area contributed by atoms with E-state index in [4.69, 9.17) is 5.11 Å². The van der Waals surface area contributed by atoms with Gasteiger partial charge < -0.3 is 10.2 Å². The summed E-state index contributed by atoms with van der Waals surface area (Å²) in [5, 5.41) is 18.6. The highest BCUT2D eigenvalue weighted by Gasteiger charge is 2.31. The first-order valence-electron chi connectivity index (χ1n) is 4.98. The Labute approximate surface area is 80.3 Å². The van der Waals surface area contributed by atoms with Gasteiger partial charge in [0.1, 0.15) is 0 Å². The zero-order valence-electron chi connectivity index (χ0n) is 8.80. The lowest BCUT2D eigenvalue weighted by Crippen LogP contribution is -2.28. The van der Waals surface area contributed by atoms with E-state index < -0.39 is 0 Å². The summed E-state index contributed by atoms with van der Waals surface area (Å²) in [4.78, 5) is 0. The third-order valence-electron chi connectivity index (χ3n) is 3.20. The van der Waals surface area contributed by atoms with Crippen LogP contribution in [0.15, 0.2) is 11.1 Å². The maximum atomic E-state index is 9.67. The molecule has 76 valence electrons. The predicted octanol–water partition coefficient (Wildman–Crippen LogP) is 1.87. The molecule has 0 amide bonds. The van der Waals surface area contributed by atoms with E-state index in [1.165, 1.54) is 5.57 Å². The molecule has 0 bridgehead atoms. The van der Waals surface area contributed by atoms with Crippen LogP contribution in [-0.2, 0) is 0 Å². The molecule has 2 nitrogen and oxygen atoms in total. The van der Waals surface area contributed by atoms with Crippen LogP contribution >= 0.6 is 0 Å². The Balaban J connectivity index is 2.95. The van der Waals surface area contributed by atoms with Crippen LogP contribution in [0, 0.1) is 5.41 Å². The Morgan fingerprint density at radius 3 is 2.62 bits per heavy atom. The Bertz CT molecular complexity index is 216. The Hall–Kier alpha value is -0.340. The molecule has 0 aromatic rings. The Kier molecular flexibility index (Phi) is 3.14. The molecule has 0 aromatic heterocycles. The van der Waals surface area contributed by atoms with E-state index in [-0.39, 0.29) is 18.1 Å². The molecular weight excluding hydrogens is 164 g/mol. The highest BCUT2D eigenvalue weighted by molar-refractivity contribution is 5.25. The molecule has 0 spiro atoms. The van der Waals surface area contributed by atoms with Crippen molar-refractivity contribution in [1.29, 1.82) is 0 Å². The molecular formula is C11H20O2. The van der Waals surface area contributed by atoms with E-state index in [0.717, 1.165) is 18.4 Å². The summed E-state index contributed by atoms with van der Waals surface area (Å²) in [5.74, 6) is 0. The van der Waals surface area contributed by atoms with Crippen LogP contribution < -0.4 is 0 Å². The summed E-state index contributed by atoms with van der Waals surface area (Å²) in [6.07, 6.45) is 2.29. The molecule has 1 aliphatic rings. The molecule has 0 aromatic carbocycles. The lowest BCUT2D eigenvalue weighted by Gasteiger charge is -2.36. The summed E-state index contributed by atoms with van der Waals surface area (Å²) in [6, 6.07) is 0. The number of hydrogen-bond donors (Lipinski definition) is 2. The van der Waals surface area contributed by atoms with Crippen LogP contribution in [0.25, 0.3) is 0 Å². The second kappa shape index (κ2) is 3.81. The maximum absolute atomic E-state index is 9.67. The average Bonchev–Trinajstić information content (AvgIpc) is 2.07. The number of hydrogen-bond acceptors (Lipinski definition) is 2. The van der Waals surface area contributed by atoms with Crippen molar-refractivity contribution in [2.24, 2.45) is 5.41 Å². The molecule has 0 saturated carbocycles. The first kappa shape index (κ1) is 10.7. The predicted molar refractivity (Wildman–Crippen MR) is 53.4 cm³/mol. The van der Waals surface area contributed by atoms with E-state index in [2.05, 4.69) is 13.8 Å². The topological polar surface area (TPSA) is 40.5 Å². The normalized spacial score (nSPS) is 27.9. The van der Waals surface area contributed by atoms with Crippen LogP contribution in [-0.4, -0.2) is 22.9 Å². The summed E-state index contributed by atoms with van der Waals surface area (Å²) >= 11 is 0. The number of rotatable bonds is 2. The second-order valence-electron chi connectivity index (χ2n) is 4.57. The third-order valence-corrected chi connectivity index (χ3v) is 3.20. The van der Waals surface area contributed by atoms with Crippen molar-refractivity contribution >= 4 is 0 Å². The van der Waals surface area contributed by atoms with Crippen molar-refractivity contribution < 1.29 is 10.2 Å². The number of aliphatic hydroxyl groups excluding tert-OH is 2. The Morgan fingerprint density at radius 2 is 2.08 bits per heavy atom. The fraction of sp³-hybridized carbons (Fsp3) is 0.818. The molecule has 2 heteroatoms. The third kappa shape index (κ3) is 2.12. The van der Waals surface area contributed by atoms with Gasteiger partial charge in [0.2, 0.25) is 0 Å². The van der Waals surface area contributed by atoms with Gasteiger partial charge in [0.25, 0.3) is 0 Å². The van der Waals surface area contributed by atoms with Crippen LogP contribution in [0.2, 0.25) is 0 Å². The van der Waals surface area contributed by atoms with Crippen molar-refractivity contribution in [3.05, 3.63) is 11.1 Å². The summed E-state index contributed by atoms with van der Waals surface area (Å²) < 4.78 is 0. The molecule has 13 heavy (non-hydrogen) atoms. The Morgan fingerprint density at radius 1 is 1.46 bits per heavy atom. The van der Waals surface area contributed by atoms with Gasteiger partial charge in [0, 0.05) is 6.61 Å². The summed E-state index contributed by atoms with van der Waals surface area (Å²) in [7, 11) is 0. The molecule has 0 saturated heterocycles. The smallest absolute Gasteiger partial charge is 0.0750 e. The minimum absolute atomic E-state index is 0.159. The van der Waals surface area contributed by atoms with E-state index in [9.17, 15) is 5.11 Å². The molecule has 2 N–H and O–H groups in total. The van der Waals surface area contributed by atoms with Gasteiger partial charge in [-0.05, 0) is 37.2 Å². The van der Waals surface area contributed by atoms with Gasteiger partial charge in [0.05, 0.1) is 6.10 Å². The molecule has 0 aliphatic heterocycles. The molecule has 0 fully saturated rings. The van der Waals surface area contributed by atoms with Gasteiger partial charge in [-0.25, -0.2) is 0 Å². The van der Waals surface area contributed by atoms with Crippen LogP contribution in [0.1, 0.15) is 40.0 Å². The quantitative estimate of drug-likeness (QED) is 0.643. The highest BCUT2D eigenvalue weighted by Crippen LogP contribution is 2.41. The molecule has 1 aliphatic carbocycles. The van der Waals surface area contributed by atoms with Crippen LogP contribution in [0.3, 0.4) is 0 Å². The van der Waals surface area contributed by atoms with E-state index in [0.29, 0.717) is 6.42 Å². The van der Waals surface area contributed by atoms with Crippen LogP contribution in [0.5, 0.6) is 0 Å². The van der Waals surface area contributed by atoms with Crippen molar-refractivity contribution in [2.45, 2.75) is 46.1 Å². The maximum Gasteiger partial charge on any atom is 0.0750 e. The van der Waals surface area contributed by atoms with Gasteiger partial charge in [-0.2, -0.15) is 0 Å². The largest absolute Gasteiger partial charge is 0.396 e. The van der Waals surface area contributed by atoms with E-state index >= 15 is 0 Å². The van der Waals surface area contributed by atoms with Crippen LogP contribution in [0.4, 0.5) is 0 Å². The SMILES string of the molecule is CC1=C(CCO)C(C)(C)CC[C@H]1O. The fourth-order valence-corrected chi connectivity index (χ4v) is 2.25. The van der Waals surface area contributed by atoms with Gasteiger partial charge in [0.15, 0.2) is 0 Å². The fourth-order valence-electron chi connectivity index (χ4n) is 2.25. The lowest BCUT2D eigenvalue weighted by atomic mass is 9.71. The molecule has 0 unspecified atom stereocenters. The lowest BCUT2D eigenvalue weighted by molar-refractivity contribution is 0.155. The average molecular weight is 184 g/mol. The second-order valence-corrected chi connectivity index (χ2v) is 4.57. The van der Waals surface area contributed by atoms with Crippen molar-refractivity contribution in [3.8, 4) is 0 Å². The van der Waals surface area contributed by atoms with Gasteiger partial charge in [-0.15, -0.1) is 0 Å². The van der Waals surface area contributed by atoms with E-state index in [1.807, 2.05) is 6.92 Å². The monoisotopic (exact) mass is 184 g/mol. The first-order chi connectivity index (χ1) is 5.99. The number of aliphatic hydroxyl groups is 2. The molecule has 0 heterocycles. The summed E-state index contributed by atoms with van der Waals surface area (Å²) in [6.45, 7) is 6.54. The molecule has 1 rings (SSSR count).